The van der Waals surface area contributed by atoms with Crippen LogP contribution in [-0.2, 0) is 19.5 Å². The summed E-state index contributed by atoms with van der Waals surface area (Å²) < 4.78 is 12.2. The Kier molecular flexibility index (Phi) is 3.04. The van der Waals surface area contributed by atoms with Crippen molar-refractivity contribution >= 4 is 30.6 Å². The molecule has 16 heavy (non-hydrogen) atoms. The van der Waals surface area contributed by atoms with E-state index in [1.54, 1.807) is 6.07 Å². The lowest BCUT2D eigenvalue weighted by atomic mass is 10.1. The molecule has 90 valence electrons. The highest BCUT2D eigenvalue weighted by Crippen LogP contribution is 2.38. The molecule has 0 unspecified atom stereocenters. The molecule has 0 atom stereocenters. The summed E-state index contributed by atoms with van der Waals surface area (Å²) >= 11 is 0. The predicted molar refractivity (Wildman–Crippen MR) is 66.3 cm³/mol. The van der Waals surface area contributed by atoms with E-state index >= 15 is 0 Å². The van der Waals surface area contributed by atoms with Gasteiger partial charge in [0.15, 0.2) is 0 Å². The summed E-state index contributed by atoms with van der Waals surface area (Å²) in [5.74, 6) is -0.957. The molecule has 0 fully saturated rings. The van der Waals surface area contributed by atoms with Crippen molar-refractivity contribution in [1.29, 1.82) is 0 Å². The molecule has 0 radical (unpaired) electrons. The van der Waals surface area contributed by atoms with Crippen LogP contribution in [0.15, 0.2) is 23.1 Å². The number of hydrogen-bond acceptors (Lipinski definition) is 3. The minimum atomic E-state index is -3.47. The standard InChI is InChI=1S/C10H14ClNO3S/c1-16(2,11,15)9-5-7(6-10(13)14)3-4-8(9)12/h3-5H,6,12H2,1-2H3,(H,13,14). The average molecular weight is 264 g/mol. The van der Waals surface area contributed by atoms with E-state index < -0.39 is 14.2 Å². The van der Waals surface area contributed by atoms with Gasteiger partial charge in [0.2, 0.25) is 0 Å². The largest absolute Gasteiger partial charge is 0.481 e. The molecule has 0 aromatic heterocycles. The number of halogens is 1. The Bertz CT molecular complexity index is 496. The lowest BCUT2D eigenvalue weighted by Gasteiger charge is -2.27. The number of nitrogen functional groups attached to an aromatic ring is 1. The number of carbonyl (C=O) groups is 1. The molecule has 3 N–H and O–H groups in total. The fraction of sp³-hybridized carbons (Fsp3) is 0.300. The van der Waals surface area contributed by atoms with Crippen LogP contribution in [0.25, 0.3) is 0 Å². The molecule has 6 heteroatoms. The summed E-state index contributed by atoms with van der Waals surface area (Å²) in [5.41, 5.74) is 6.53. The zero-order chi connectivity index (χ0) is 12.6. The number of carboxylic acids is 1. The third-order valence-electron chi connectivity index (χ3n) is 2.05. The van der Waals surface area contributed by atoms with E-state index in [1.807, 2.05) is 0 Å². The molecule has 0 aliphatic rings. The van der Waals surface area contributed by atoms with Gasteiger partial charge in [-0.05, 0) is 36.7 Å². The number of anilines is 1. The minimum absolute atomic E-state index is 0.146. The molecular formula is C10H14ClNO3S. The van der Waals surface area contributed by atoms with Crippen molar-refractivity contribution in [3.8, 4) is 0 Å². The van der Waals surface area contributed by atoms with Gasteiger partial charge >= 0.3 is 5.97 Å². The monoisotopic (exact) mass is 263 g/mol. The highest BCUT2D eigenvalue weighted by molar-refractivity contribution is 8.37. The van der Waals surface area contributed by atoms with Crippen LogP contribution in [0, 0.1) is 0 Å². The van der Waals surface area contributed by atoms with E-state index in [0.717, 1.165) is 0 Å². The fourth-order valence-corrected chi connectivity index (χ4v) is 2.96. The number of rotatable bonds is 3. The van der Waals surface area contributed by atoms with E-state index in [0.29, 0.717) is 16.1 Å². The van der Waals surface area contributed by atoms with Gasteiger partial charge in [0.05, 0.1) is 11.3 Å². The van der Waals surface area contributed by atoms with Gasteiger partial charge in [-0.1, -0.05) is 6.07 Å². The number of nitrogens with two attached hydrogens (primary N) is 1. The predicted octanol–water partition coefficient (Wildman–Crippen LogP) is 1.49. The average Bonchev–Trinajstić information content (AvgIpc) is 2.04. The minimum Gasteiger partial charge on any atom is -0.481 e. The second-order valence-corrected chi connectivity index (χ2v) is 10.6. The van der Waals surface area contributed by atoms with Crippen molar-refractivity contribution in [2.24, 2.45) is 0 Å². The summed E-state index contributed by atoms with van der Waals surface area (Å²) in [6.07, 6.45) is 2.65. The lowest BCUT2D eigenvalue weighted by molar-refractivity contribution is -0.136. The Hall–Kier alpha value is -1.07. The third kappa shape index (κ3) is 3.21. The highest BCUT2D eigenvalue weighted by Gasteiger charge is 2.27. The maximum atomic E-state index is 12.2. The molecule has 0 bridgehead atoms. The van der Waals surface area contributed by atoms with Crippen LogP contribution in [0.1, 0.15) is 5.56 Å². The molecule has 0 heterocycles. The van der Waals surface area contributed by atoms with Gasteiger partial charge in [-0.2, -0.15) is 0 Å². The summed E-state index contributed by atoms with van der Waals surface area (Å²) in [5, 5.41) is 8.66. The van der Waals surface area contributed by atoms with Gasteiger partial charge in [-0.25, -0.2) is 0 Å². The molecule has 0 aliphatic heterocycles. The topological polar surface area (TPSA) is 80.4 Å². The second kappa shape index (κ2) is 3.75. The Morgan fingerprint density at radius 3 is 2.50 bits per heavy atom. The number of carboxylic acid groups (broad SMARTS) is 1. The van der Waals surface area contributed by atoms with E-state index in [9.17, 15) is 9.00 Å². The van der Waals surface area contributed by atoms with E-state index in [-0.39, 0.29) is 6.42 Å². The molecule has 0 saturated heterocycles. The normalized spacial score (nSPS) is 14.1. The van der Waals surface area contributed by atoms with Crippen molar-refractivity contribution in [2.45, 2.75) is 11.3 Å². The van der Waals surface area contributed by atoms with Crippen molar-refractivity contribution in [3.05, 3.63) is 23.8 Å². The fourth-order valence-electron chi connectivity index (χ4n) is 1.36. The van der Waals surface area contributed by atoms with Crippen LogP contribution < -0.4 is 5.73 Å². The molecule has 1 rings (SSSR count). The molecule has 0 amide bonds. The van der Waals surface area contributed by atoms with Crippen LogP contribution in [0.3, 0.4) is 0 Å². The van der Waals surface area contributed by atoms with Gasteiger partial charge in [0.1, 0.15) is 0 Å². The summed E-state index contributed by atoms with van der Waals surface area (Å²) in [7, 11) is 2.48. The summed E-state index contributed by atoms with van der Waals surface area (Å²) in [6, 6.07) is 4.60. The quantitative estimate of drug-likeness (QED) is 0.640. The number of benzene rings is 1. The lowest BCUT2D eigenvalue weighted by Crippen LogP contribution is -2.22. The van der Waals surface area contributed by atoms with Gasteiger partial charge in [0, 0.05) is 18.2 Å². The second-order valence-electron chi connectivity index (χ2n) is 4.12. The molecule has 0 spiro atoms. The smallest absolute Gasteiger partial charge is 0.307 e. The SMILES string of the molecule is CS(C)(=O)(Cl)c1cc(CC(=O)O)ccc1N. The first-order chi connectivity index (χ1) is 7.06. The van der Waals surface area contributed by atoms with Crippen molar-refractivity contribution < 1.29 is 14.1 Å². The molecule has 1 aromatic carbocycles. The number of aliphatic carboxylic acids is 1. The van der Waals surface area contributed by atoms with Crippen LogP contribution in [-0.4, -0.2) is 27.8 Å². The van der Waals surface area contributed by atoms with Crippen LogP contribution in [0.4, 0.5) is 5.69 Å². The van der Waals surface area contributed by atoms with E-state index in [2.05, 4.69) is 0 Å². The Labute approximate surface area is 98.3 Å². The molecule has 1 aromatic rings. The van der Waals surface area contributed by atoms with Crippen molar-refractivity contribution in [3.63, 3.8) is 0 Å². The van der Waals surface area contributed by atoms with Gasteiger partial charge in [-0.15, -0.1) is 0 Å². The van der Waals surface area contributed by atoms with Gasteiger partial charge in [0.25, 0.3) is 0 Å². The van der Waals surface area contributed by atoms with E-state index in [4.69, 9.17) is 21.5 Å². The summed E-state index contributed by atoms with van der Waals surface area (Å²) in [6.45, 7) is 0. The first-order valence-corrected chi connectivity index (χ1v) is 8.11. The zero-order valence-electron chi connectivity index (χ0n) is 9.07. The summed E-state index contributed by atoms with van der Waals surface area (Å²) in [4.78, 5) is 10.9. The van der Waals surface area contributed by atoms with Crippen molar-refractivity contribution in [1.82, 2.24) is 0 Å². The first kappa shape index (κ1) is 13.0. The van der Waals surface area contributed by atoms with Crippen molar-refractivity contribution in [2.75, 3.05) is 18.2 Å². The molecular weight excluding hydrogens is 250 g/mol. The van der Waals surface area contributed by atoms with Gasteiger partial charge < -0.3 is 10.8 Å². The zero-order valence-corrected chi connectivity index (χ0v) is 10.6. The Balaban J connectivity index is 3.31. The van der Waals surface area contributed by atoms with Gasteiger partial charge in [-0.3, -0.25) is 9.00 Å². The Morgan fingerprint density at radius 1 is 1.50 bits per heavy atom. The van der Waals surface area contributed by atoms with Crippen LogP contribution in [0.5, 0.6) is 0 Å². The molecule has 0 aliphatic carbocycles. The maximum Gasteiger partial charge on any atom is 0.307 e. The molecule has 0 saturated carbocycles. The van der Waals surface area contributed by atoms with E-state index in [1.165, 1.54) is 24.6 Å². The first-order valence-electron chi connectivity index (χ1n) is 4.50. The van der Waals surface area contributed by atoms with Crippen LogP contribution >= 0.6 is 10.7 Å². The van der Waals surface area contributed by atoms with Crippen LogP contribution in [0.2, 0.25) is 0 Å². The number of hydrogen-bond donors (Lipinski definition) is 2. The molecule has 4 nitrogen and oxygen atoms in total. The highest BCUT2D eigenvalue weighted by atomic mass is 35.7. The third-order valence-corrected chi connectivity index (χ3v) is 4.12. The maximum absolute atomic E-state index is 12.2. The Morgan fingerprint density at radius 2 is 2.06 bits per heavy atom.